The Morgan fingerprint density at radius 3 is 3.06 bits per heavy atom. The van der Waals surface area contributed by atoms with Crippen LogP contribution < -0.4 is 4.72 Å². The van der Waals surface area contributed by atoms with Crippen LogP contribution in [-0.2, 0) is 16.6 Å². The van der Waals surface area contributed by atoms with Crippen molar-refractivity contribution in [2.75, 3.05) is 19.6 Å². The topological polar surface area (TPSA) is 49.4 Å². The molecule has 1 aromatic rings. The van der Waals surface area contributed by atoms with E-state index in [1.807, 2.05) is 17.5 Å². The van der Waals surface area contributed by atoms with Crippen molar-refractivity contribution in [1.82, 2.24) is 9.03 Å². The van der Waals surface area contributed by atoms with Crippen molar-refractivity contribution in [2.45, 2.75) is 26.2 Å². The summed E-state index contributed by atoms with van der Waals surface area (Å²) in [5.74, 6) is 0.465. The van der Waals surface area contributed by atoms with Crippen molar-refractivity contribution in [3.05, 3.63) is 22.4 Å². The Bertz CT molecular complexity index is 456. The highest BCUT2D eigenvalue weighted by molar-refractivity contribution is 7.87. The molecule has 2 heterocycles. The maximum Gasteiger partial charge on any atom is 0.279 e. The molecule has 0 bridgehead atoms. The summed E-state index contributed by atoms with van der Waals surface area (Å²) >= 11 is 1.66. The summed E-state index contributed by atoms with van der Waals surface area (Å²) in [4.78, 5) is 1.21. The highest BCUT2D eigenvalue weighted by Gasteiger charge is 2.26. The molecule has 102 valence electrons. The van der Waals surface area contributed by atoms with Crippen molar-refractivity contribution >= 4 is 21.5 Å². The van der Waals surface area contributed by atoms with E-state index in [0.29, 0.717) is 25.6 Å². The van der Waals surface area contributed by atoms with Gasteiger partial charge in [0.1, 0.15) is 0 Å². The van der Waals surface area contributed by atoms with Crippen molar-refractivity contribution < 1.29 is 8.42 Å². The van der Waals surface area contributed by atoms with E-state index in [0.717, 1.165) is 19.3 Å². The minimum atomic E-state index is -3.28. The molecular formula is C12H20N2O2S2. The summed E-state index contributed by atoms with van der Waals surface area (Å²) < 4.78 is 28.4. The molecule has 1 aliphatic rings. The van der Waals surface area contributed by atoms with Gasteiger partial charge in [-0.2, -0.15) is 12.7 Å². The Morgan fingerprint density at radius 1 is 1.56 bits per heavy atom. The fourth-order valence-corrected chi connectivity index (χ4v) is 4.29. The van der Waals surface area contributed by atoms with Gasteiger partial charge < -0.3 is 0 Å². The van der Waals surface area contributed by atoms with Gasteiger partial charge in [0.05, 0.1) is 0 Å². The number of piperidine rings is 1. The van der Waals surface area contributed by atoms with Crippen LogP contribution in [0.1, 0.15) is 24.6 Å². The first-order valence-corrected chi connectivity index (χ1v) is 8.67. The Morgan fingerprint density at radius 2 is 2.39 bits per heavy atom. The second-order valence-corrected chi connectivity index (χ2v) is 7.62. The molecule has 0 amide bonds. The van der Waals surface area contributed by atoms with Gasteiger partial charge in [0.2, 0.25) is 0 Å². The van der Waals surface area contributed by atoms with Gasteiger partial charge in [0.15, 0.2) is 0 Å². The maximum absolute atomic E-state index is 12.1. The zero-order chi connectivity index (χ0) is 13.0. The number of nitrogens with one attached hydrogen (secondary N) is 1. The van der Waals surface area contributed by atoms with Crippen molar-refractivity contribution in [3.8, 4) is 0 Å². The molecule has 0 aliphatic carbocycles. The van der Waals surface area contributed by atoms with Crippen LogP contribution in [0.5, 0.6) is 0 Å². The van der Waals surface area contributed by atoms with E-state index in [1.54, 1.807) is 15.6 Å². The summed E-state index contributed by atoms with van der Waals surface area (Å²) in [7, 11) is -3.28. The quantitative estimate of drug-likeness (QED) is 0.899. The van der Waals surface area contributed by atoms with Crippen LogP contribution in [0, 0.1) is 5.92 Å². The lowest BCUT2D eigenvalue weighted by Gasteiger charge is -2.29. The molecular weight excluding hydrogens is 268 g/mol. The molecule has 1 aromatic heterocycles. The van der Waals surface area contributed by atoms with Crippen LogP contribution in [0.15, 0.2) is 17.5 Å². The van der Waals surface area contributed by atoms with Crippen LogP contribution in [0.4, 0.5) is 0 Å². The van der Waals surface area contributed by atoms with Gasteiger partial charge in [0, 0.05) is 24.5 Å². The van der Waals surface area contributed by atoms with Crippen LogP contribution in [0.2, 0.25) is 0 Å². The molecule has 6 heteroatoms. The molecule has 1 fully saturated rings. The fraction of sp³-hybridized carbons (Fsp3) is 0.667. The summed E-state index contributed by atoms with van der Waals surface area (Å²) in [5.41, 5.74) is 0. The fourth-order valence-electron chi connectivity index (χ4n) is 2.21. The average molecular weight is 288 g/mol. The van der Waals surface area contributed by atoms with E-state index in [1.165, 1.54) is 4.88 Å². The standard InChI is InChI=1S/C12H20N2O2S2/c1-11-4-2-8-14(10-11)18(15,16)13-7-6-12-5-3-9-17-12/h3,5,9,11,13H,2,4,6-8,10H2,1H3. The van der Waals surface area contributed by atoms with Crippen molar-refractivity contribution in [2.24, 2.45) is 5.92 Å². The molecule has 1 saturated heterocycles. The van der Waals surface area contributed by atoms with Gasteiger partial charge >= 0.3 is 0 Å². The van der Waals surface area contributed by atoms with Crippen LogP contribution in [0.3, 0.4) is 0 Å². The van der Waals surface area contributed by atoms with Gasteiger partial charge in [-0.3, -0.25) is 0 Å². The van der Waals surface area contributed by atoms with E-state index >= 15 is 0 Å². The predicted molar refractivity (Wildman–Crippen MR) is 74.9 cm³/mol. The predicted octanol–water partition coefficient (Wildman–Crippen LogP) is 1.86. The van der Waals surface area contributed by atoms with E-state index in [9.17, 15) is 8.42 Å². The molecule has 1 atom stereocenters. The monoisotopic (exact) mass is 288 g/mol. The van der Waals surface area contributed by atoms with Gasteiger partial charge in [-0.25, -0.2) is 4.72 Å². The molecule has 0 radical (unpaired) electrons. The molecule has 0 spiro atoms. The molecule has 0 saturated carbocycles. The second kappa shape index (κ2) is 6.14. The zero-order valence-corrected chi connectivity index (χ0v) is 12.3. The number of hydrogen-bond donors (Lipinski definition) is 1. The number of rotatable bonds is 5. The maximum atomic E-state index is 12.1. The van der Waals surface area contributed by atoms with E-state index in [2.05, 4.69) is 11.6 Å². The summed E-state index contributed by atoms with van der Waals surface area (Å²) in [5, 5.41) is 2.01. The lowest BCUT2D eigenvalue weighted by molar-refractivity contribution is 0.278. The Hall–Kier alpha value is -0.430. The molecule has 0 aromatic carbocycles. The number of nitrogens with zero attached hydrogens (tertiary/aromatic N) is 1. The highest BCUT2D eigenvalue weighted by Crippen LogP contribution is 2.17. The summed E-state index contributed by atoms with van der Waals surface area (Å²) in [6.07, 6.45) is 2.86. The minimum Gasteiger partial charge on any atom is -0.202 e. The Kier molecular flexibility index (Phi) is 4.77. The van der Waals surface area contributed by atoms with E-state index in [4.69, 9.17) is 0 Å². The third kappa shape index (κ3) is 3.78. The number of hydrogen-bond acceptors (Lipinski definition) is 3. The normalized spacial score (nSPS) is 22.2. The summed E-state index contributed by atoms with van der Waals surface area (Å²) in [6, 6.07) is 4.02. The van der Waals surface area contributed by atoms with E-state index in [-0.39, 0.29) is 0 Å². The SMILES string of the molecule is CC1CCCN(S(=O)(=O)NCCc2cccs2)C1. The first kappa shape index (κ1) is 14.0. The molecule has 4 nitrogen and oxygen atoms in total. The van der Waals surface area contributed by atoms with Gasteiger partial charge in [-0.05, 0) is 36.6 Å². The zero-order valence-electron chi connectivity index (χ0n) is 10.6. The lowest BCUT2D eigenvalue weighted by Crippen LogP contribution is -2.45. The third-order valence-corrected chi connectivity index (χ3v) is 5.71. The first-order valence-electron chi connectivity index (χ1n) is 6.35. The van der Waals surface area contributed by atoms with Crippen molar-refractivity contribution in [3.63, 3.8) is 0 Å². The first-order chi connectivity index (χ1) is 8.58. The molecule has 18 heavy (non-hydrogen) atoms. The lowest BCUT2D eigenvalue weighted by atomic mass is 10.0. The van der Waals surface area contributed by atoms with Gasteiger partial charge in [-0.1, -0.05) is 13.0 Å². The van der Waals surface area contributed by atoms with Crippen LogP contribution in [0.25, 0.3) is 0 Å². The molecule has 2 rings (SSSR count). The number of thiophene rings is 1. The van der Waals surface area contributed by atoms with Crippen LogP contribution in [-0.4, -0.2) is 32.4 Å². The molecule has 1 N–H and O–H groups in total. The Balaban J connectivity index is 1.83. The second-order valence-electron chi connectivity index (χ2n) is 4.83. The highest BCUT2D eigenvalue weighted by atomic mass is 32.2. The van der Waals surface area contributed by atoms with E-state index < -0.39 is 10.2 Å². The Labute approximate surface area is 113 Å². The molecule has 1 unspecified atom stereocenters. The smallest absolute Gasteiger partial charge is 0.202 e. The average Bonchev–Trinajstić information content (AvgIpc) is 2.82. The molecule has 1 aliphatic heterocycles. The largest absolute Gasteiger partial charge is 0.279 e. The van der Waals surface area contributed by atoms with Crippen LogP contribution >= 0.6 is 11.3 Å². The van der Waals surface area contributed by atoms with Gasteiger partial charge in [0.25, 0.3) is 10.2 Å². The third-order valence-electron chi connectivity index (χ3n) is 3.20. The van der Waals surface area contributed by atoms with Gasteiger partial charge in [-0.15, -0.1) is 11.3 Å². The van der Waals surface area contributed by atoms with Crippen molar-refractivity contribution in [1.29, 1.82) is 0 Å². The summed E-state index contributed by atoms with van der Waals surface area (Å²) in [6.45, 7) is 3.88. The minimum absolute atomic E-state index is 0.465.